The second kappa shape index (κ2) is 6.41. The molecule has 2 aromatic carbocycles. The van der Waals surface area contributed by atoms with Crippen molar-refractivity contribution in [1.82, 2.24) is 0 Å². The first-order valence-electron chi connectivity index (χ1n) is 6.09. The summed E-state index contributed by atoms with van der Waals surface area (Å²) in [6, 6.07) is 7.79. The molecule has 1 atom stereocenters. The van der Waals surface area contributed by atoms with E-state index in [2.05, 4.69) is 15.9 Å². The summed E-state index contributed by atoms with van der Waals surface area (Å²) in [6.45, 7) is 0. The van der Waals surface area contributed by atoms with Crippen molar-refractivity contribution in [1.29, 1.82) is 0 Å². The Morgan fingerprint density at radius 2 is 1.70 bits per heavy atom. The summed E-state index contributed by atoms with van der Waals surface area (Å²) in [7, 11) is 0. The zero-order chi connectivity index (χ0) is 14.7. The van der Waals surface area contributed by atoms with Gasteiger partial charge in [-0.2, -0.15) is 0 Å². The highest BCUT2D eigenvalue weighted by atomic mass is 79.9. The third-order valence-corrected chi connectivity index (χ3v) is 3.75. The Kier molecular flexibility index (Phi) is 4.83. The largest absolute Gasteiger partial charge is 0.327 e. The molecular weight excluding hydrogens is 331 g/mol. The molecule has 0 radical (unpaired) electrons. The van der Waals surface area contributed by atoms with Crippen LogP contribution in [-0.2, 0) is 12.8 Å². The molecule has 5 heteroatoms. The third-order valence-electron chi connectivity index (χ3n) is 2.97. The summed E-state index contributed by atoms with van der Waals surface area (Å²) in [5, 5.41) is 0. The quantitative estimate of drug-likeness (QED) is 0.892. The Labute approximate surface area is 123 Å². The van der Waals surface area contributed by atoms with Crippen LogP contribution in [0.1, 0.15) is 11.1 Å². The lowest BCUT2D eigenvalue weighted by Gasteiger charge is -2.13. The predicted octanol–water partition coefficient (Wildman–Crippen LogP) is 3.98. The van der Waals surface area contributed by atoms with Crippen LogP contribution in [-0.4, -0.2) is 6.04 Å². The Bertz CT molecular complexity index is 616. The molecule has 0 aliphatic rings. The van der Waals surface area contributed by atoms with Crippen molar-refractivity contribution in [2.75, 3.05) is 0 Å². The van der Waals surface area contributed by atoms with Crippen molar-refractivity contribution >= 4 is 15.9 Å². The number of hydrogen-bond acceptors (Lipinski definition) is 1. The van der Waals surface area contributed by atoms with Gasteiger partial charge in [0.05, 0.1) is 0 Å². The summed E-state index contributed by atoms with van der Waals surface area (Å²) in [4.78, 5) is 0. The number of nitrogens with two attached hydrogens (primary N) is 1. The first-order chi connectivity index (χ1) is 9.45. The van der Waals surface area contributed by atoms with E-state index < -0.39 is 11.6 Å². The maximum Gasteiger partial charge on any atom is 0.159 e. The second-order valence-electron chi connectivity index (χ2n) is 4.65. The van der Waals surface area contributed by atoms with Crippen LogP contribution in [0.5, 0.6) is 0 Å². The van der Waals surface area contributed by atoms with Gasteiger partial charge in [0.1, 0.15) is 5.82 Å². The molecule has 0 bridgehead atoms. The molecule has 106 valence electrons. The average Bonchev–Trinajstić information content (AvgIpc) is 2.38. The van der Waals surface area contributed by atoms with Crippen molar-refractivity contribution in [3.8, 4) is 0 Å². The summed E-state index contributed by atoms with van der Waals surface area (Å²) in [5.41, 5.74) is 7.35. The van der Waals surface area contributed by atoms with Gasteiger partial charge in [-0.25, -0.2) is 13.2 Å². The van der Waals surface area contributed by atoms with E-state index >= 15 is 0 Å². The number of halogens is 4. The summed E-state index contributed by atoms with van der Waals surface area (Å²) < 4.78 is 39.9. The van der Waals surface area contributed by atoms with Gasteiger partial charge in [0.25, 0.3) is 0 Å². The standard InChI is InChI=1S/C15H13BrF3N/c16-13-3-2-11(17)7-10(13)8-12(20)5-9-1-4-14(18)15(19)6-9/h1-4,6-7,12H,5,8,20H2. The smallest absolute Gasteiger partial charge is 0.159 e. The highest BCUT2D eigenvalue weighted by Crippen LogP contribution is 2.20. The highest BCUT2D eigenvalue weighted by Gasteiger charge is 2.11. The van der Waals surface area contributed by atoms with Crippen LogP contribution >= 0.6 is 15.9 Å². The first kappa shape index (κ1) is 15.1. The zero-order valence-electron chi connectivity index (χ0n) is 10.5. The van der Waals surface area contributed by atoms with Gasteiger partial charge in [0.2, 0.25) is 0 Å². The van der Waals surface area contributed by atoms with Crippen molar-refractivity contribution < 1.29 is 13.2 Å². The molecule has 0 aromatic heterocycles. The SMILES string of the molecule is NC(Cc1ccc(F)c(F)c1)Cc1cc(F)ccc1Br. The molecule has 2 rings (SSSR count). The Balaban J connectivity index is 2.06. The fourth-order valence-electron chi connectivity index (χ4n) is 2.02. The van der Waals surface area contributed by atoms with Crippen molar-refractivity contribution in [2.24, 2.45) is 5.73 Å². The fraction of sp³-hybridized carbons (Fsp3) is 0.200. The van der Waals surface area contributed by atoms with Crippen LogP contribution in [0, 0.1) is 17.5 Å². The lowest BCUT2D eigenvalue weighted by Crippen LogP contribution is -2.25. The molecule has 2 N–H and O–H groups in total. The van der Waals surface area contributed by atoms with E-state index in [0.29, 0.717) is 18.4 Å². The van der Waals surface area contributed by atoms with Gasteiger partial charge in [0, 0.05) is 10.5 Å². The molecule has 1 unspecified atom stereocenters. The minimum absolute atomic E-state index is 0.307. The molecule has 0 saturated carbocycles. The summed E-state index contributed by atoms with van der Waals surface area (Å²) in [5.74, 6) is -2.10. The molecule has 0 saturated heterocycles. The third kappa shape index (κ3) is 3.84. The number of benzene rings is 2. The molecule has 0 fully saturated rings. The van der Waals surface area contributed by atoms with Crippen molar-refractivity contribution in [2.45, 2.75) is 18.9 Å². The lowest BCUT2D eigenvalue weighted by molar-refractivity contribution is 0.506. The second-order valence-corrected chi connectivity index (χ2v) is 5.51. The van der Waals surface area contributed by atoms with E-state index in [0.717, 1.165) is 22.2 Å². The van der Waals surface area contributed by atoms with Crippen molar-refractivity contribution in [3.05, 3.63) is 69.4 Å². The van der Waals surface area contributed by atoms with Crippen LogP contribution in [0.2, 0.25) is 0 Å². The minimum atomic E-state index is -0.887. The summed E-state index contributed by atoms with van der Waals surface area (Å²) >= 11 is 3.33. The van der Waals surface area contributed by atoms with E-state index in [4.69, 9.17) is 5.73 Å². The Morgan fingerprint density at radius 1 is 0.950 bits per heavy atom. The van der Waals surface area contributed by atoms with Gasteiger partial charge in [-0.05, 0) is 54.3 Å². The molecule has 0 heterocycles. The lowest BCUT2D eigenvalue weighted by atomic mass is 9.99. The molecule has 0 amide bonds. The minimum Gasteiger partial charge on any atom is -0.327 e. The van der Waals surface area contributed by atoms with E-state index in [1.165, 1.54) is 18.2 Å². The van der Waals surface area contributed by atoms with E-state index in [1.807, 2.05) is 0 Å². The Morgan fingerprint density at radius 3 is 2.40 bits per heavy atom. The first-order valence-corrected chi connectivity index (χ1v) is 6.88. The molecule has 0 aliphatic heterocycles. The number of hydrogen-bond donors (Lipinski definition) is 1. The van der Waals surface area contributed by atoms with Crippen LogP contribution in [0.3, 0.4) is 0 Å². The normalized spacial score (nSPS) is 12.4. The van der Waals surface area contributed by atoms with E-state index in [1.54, 1.807) is 6.07 Å². The average molecular weight is 344 g/mol. The molecule has 0 aliphatic carbocycles. The molecular formula is C15H13BrF3N. The maximum absolute atomic E-state index is 13.2. The van der Waals surface area contributed by atoms with Crippen LogP contribution < -0.4 is 5.73 Å². The van der Waals surface area contributed by atoms with Crippen LogP contribution in [0.25, 0.3) is 0 Å². The predicted molar refractivity (Wildman–Crippen MR) is 75.8 cm³/mol. The van der Waals surface area contributed by atoms with Gasteiger partial charge >= 0.3 is 0 Å². The fourth-order valence-corrected chi connectivity index (χ4v) is 2.43. The van der Waals surface area contributed by atoms with Gasteiger partial charge in [-0.1, -0.05) is 22.0 Å². The van der Waals surface area contributed by atoms with Crippen LogP contribution in [0.15, 0.2) is 40.9 Å². The molecule has 1 nitrogen and oxygen atoms in total. The maximum atomic E-state index is 13.2. The van der Waals surface area contributed by atoms with Gasteiger partial charge in [-0.3, -0.25) is 0 Å². The number of rotatable bonds is 4. The highest BCUT2D eigenvalue weighted by molar-refractivity contribution is 9.10. The molecule has 2 aromatic rings. The van der Waals surface area contributed by atoms with Crippen molar-refractivity contribution in [3.63, 3.8) is 0 Å². The zero-order valence-corrected chi connectivity index (χ0v) is 12.1. The topological polar surface area (TPSA) is 26.0 Å². The van der Waals surface area contributed by atoms with E-state index in [9.17, 15) is 13.2 Å². The van der Waals surface area contributed by atoms with Gasteiger partial charge < -0.3 is 5.73 Å². The molecule has 20 heavy (non-hydrogen) atoms. The van der Waals surface area contributed by atoms with Gasteiger partial charge in [0.15, 0.2) is 11.6 Å². The van der Waals surface area contributed by atoms with Crippen LogP contribution in [0.4, 0.5) is 13.2 Å². The molecule has 0 spiro atoms. The summed E-state index contributed by atoms with van der Waals surface area (Å²) in [6.07, 6.45) is 0.831. The monoisotopic (exact) mass is 343 g/mol. The Hall–Kier alpha value is -1.33. The van der Waals surface area contributed by atoms with Gasteiger partial charge in [-0.15, -0.1) is 0 Å². The van der Waals surface area contributed by atoms with E-state index in [-0.39, 0.29) is 11.9 Å².